The number of aromatic nitrogens is 2. The van der Waals surface area contributed by atoms with Gasteiger partial charge in [0.05, 0.1) is 11.0 Å². The van der Waals surface area contributed by atoms with E-state index >= 15 is 0 Å². The molecule has 1 atom stereocenters. The first-order valence-corrected chi connectivity index (χ1v) is 7.21. The molecule has 1 aliphatic rings. The topological polar surface area (TPSA) is 50.3 Å². The van der Waals surface area contributed by atoms with Crippen LogP contribution in [0.15, 0.2) is 12.3 Å². The van der Waals surface area contributed by atoms with Gasteiger partial charge in [0, 0.05) is 58.1 Å². The Kier molecular flexibility index (Phi) is 4.90. The predicted molar refractivity (Wildman–Crippen MR) is 81.2 cm³/mol. The second-order valence-corrected chi connectivity index (χ2v) is 5.62. The predicted octanol–water partition coefficient (Wildman–Crippen LogP) is 0.255. The summed E-state index contributed by atoms with van der Waals surface area (Å²) in [6.07, 6.45) is 2.92. The number of hydrogen-bond acceptors (Lipinski definition) is 4. The molecule has 0 bridgehead atoms. The SMILES string of the molecule is CC(C(N)=S)N1CCN(CCc2ccnn2C)CC1. The highest BCUT2D eigenvalue weighted by atomic mass is 32.1. The Balaban J connectivity index is 1.75. The van der Waals surface area contributed by atoms with E-state index in [1.807, 2.05) is 17.9 Å². The molecule has 1 unspecified atom stereocenters. The Hall–Kier alpha value is -0.980. The second-order valence-electron chi connectivity index (χ2n) is 5.15. The summed E-state index contributed by atoms with van der Waals surface area (Å²) in [5, 5.41) is 4.20. The molecule has 0 amide bonds. The van der Waals surface area contributed by atoms with Crippen LogP contribution < -0.4 is 5.73 Å². The van der Waals surface area contributed by atoms with Crippen LogP contribution in [0.1, 0.15) is 12.6 Å². The molecule has 0 saturated carbocycles. The van der Waals surface area contributed by atoms with Crippen molar-refractivity contribution >= 4 is 17.2 Å². The van der Waals surface area contributed by atoms with Gasteiger partial charge in [0.25, 0.3) is 0 Å². The molecule has 6 heteroatoms. The lowest BCUT2D eigenvalue weighted by Crippen LogP contribution is -2.52. The van der Waals surface area contributed by atoms with Crippen LogP contribution in [0.5, 0.6) is 0 Å². The maximum atomic E-state index is 5.71. The smallest absolute Gasteiger partial charge is 0.0899 e. The van der Waals surface area contributed by atoms with Gasteiger partial charge in [-0.15, -0.1) is 0 Å². The molecule has 1 aromatic heterocycles. The van der Waals surface area contributed by atoms with Gasteiger partial charge >= 0.3 is 0 Å². The quantitative estimate of drug-likeness (QED) is 0.784. The molecule has 1 saturated heterocycles. The number of hydrogen-bond donors (Lipinski definition) is 1. The highest BCUT2D eigenvalue weighted by Gasteiger charge is 2.22. The summed E-state index contributed by atoms with van der Waals surface area (Å²) < 4.78 is 1.95. The van der Waals surface area contributed by atoms with E-state index in [0.29, 0.717) is 4.99 Å². The van der Waals surface area contributed by atoms with Crippen molar-refractivity contribution in [2.24, 2.45) is 12.8 Å². The number of rotatable bonds is 5. The van der Waals surface area contributed by atoms with Gasteiger partial charge in [-0.05, 0) is 13.0 Å². The normalized spacial score (nSPS) is 19.5. The maximum absolute atomic E-state index is 5.71. The Bertz CT molecular complexity index is 422. The number of nitrogens with two attached hydrogens (primary N) is 1. The number of aryl methyl sites for hydroxylation is 1. The van der Waals surface area contributed by atoms with E-state index in [2.05, 4.69) is 27.9 Å². The fourth-order valence-electron chi connectivity index (χ4n) is 2.47. The molecule has 1 aromatic rings. The molecule has 0 spiro atoms. The lowest BCUT2D eigenvalue weighted by molar-refractivity contribution is 0.123. The number of thiocarbonyl (C=S) groups is 1. The van der Waals surface area contributed by atoms with Crippen LogP contribution in [0.2, 0.25) is 0 Å². The molecule has 1 fully saturated rings. The van der Waals surface area contributed by atoms with E-state index in [0.717, 1.165) is 39.1 Å². The van der Waals surface area contributed by atoms with E-state index in [4.69, 9.17) is 18.0 Å². The van der Waals surface area contributed by atoms with Gasteiger partial charge in [0.15, 0.2) is 0 Å². The van der Waals surface area contributed by atoms with Crippen LogP contribution in [0.4, 0.5) is 0 Å². The molecule has 19 heavy (non-hydrogen) atoms. The average molecular weight is 281 g/mol. The van der Waals surface area contributed by atoms with E-state index < -0.39 is 0 Å². The first-order valence-electron chi connectivity index (χ1n) is 6.80. The van der Waals surface area contributed by atoms with Crippen molar-refractivity contribution < 1.29 is 0 Å². The summed E-state index contributed by atoms with van der Waals surface area (Å²) in [5.41, 5.74) is 7.00. The molecule has 2 rings (SSSR count). The lowest BCUT2D eigenvalue weighted by atomic mass is 10.2. The van der Waals surface area contributed by atoms with Crippen molar-refractivity contribution in [3.8, 4) is 0 Å². The molecule has 0 aliphatic carbocycles. The van der Waals surface area contributed by atoms with Crippen LogP contribution in [-0.4, -0.2) is 63.3 Å². The van der Waals surface area contributed by atoms with Crippen LogP contribution in [0.25, 0.3) is 0 Å². The van der Waals surface area contributed by atoms with E-state index in [1.54, 1.807) is 0 Å². The highest BCUT2D eigenvalue weighted by molar-refractivity contribution is 7.80. The van der Waals surface area contributed by atoms with Gasteiger partial charge in [-0.1, -0.05) is 12.2 Å². The van der Waals surface area contributed by atoms with Crippen LogP contribution >= 0.6 is 12.2 Å². The highest BCUT2D eigenvalue weighted by Crippen LogP contribution is 2.08. The minimum Gasteiger partial charge on any atom is -0.392 e. The Morgan fingerprint density at radius 2 is 2.11 bits per heavy atom. The van der Waals surface area contributed by atoms with Crippen molar-refractivity contribution in [1.29, 1.82) is 0 Å². The molecule has 0 aromatic carbocycles. The summed E-state index contributed by atoms with van der Waals surface area (Å²) in [4.78, 5) is 5.46. The second kappa shape index (κ2) is 6.45. The maximum Gasteiger partial charge on any atom is 0.0899 e. The molecule has 1 aliphatic heterocycles. The van der Waals surface area contributed by atoms with Crippen molar-refractivity contribution in [3.05, 3.63) is 18.0 Å². The summed E-state index contributed by atoms with van der Waals surface area (Å²) in [6.45, 7) is 7.45. The summed E-state index contributed by atoms with van der Waals surface area (Å²) in [7, 11) is 2.00. The molecule has 0 radical (unpaired) electrons. The molecular formula is C13H23N5S. The monoisotopic (exact) mass is 281 g/mol. The Morgan fingerprint density at radius 1 is 1.42 bits per heavy atom. The molecule has 5 nitrogen and oxygen atoms in total. The zero-order valence-corrected chi connectivity index (χ0v) is 12.6. The molecule has 2 N–H and O–H groups in total. The van der Waals surface area contributed by atoms with E-state index in [1.165, 1.54) is 5.69 Å². The van der Waals surface area contributed by atoms with Gasteiger partial charge in [0.2, 0.25) is 0 Å². The third-order valence-electron chi connectivity index (χ3n) is 3.97. The number of piperazine rings is 1. The van der Waals surface area contributed by atoms with Crippen LogP contribution in [0, 0.1) is 0 Å². The summed E-state index contributed by atoms with van der Waals surface area (Å²) in [5.74, 6) is 0. The third kappa shape index (κ3) is 3.75. The van der Waals surface area contributed by atoms with Gasteiger partial charge in [-0.3, -0.25) is 9.58 Å². The zero-order valence-electron chi connectivity index (χ0n) is 11.7. The summed E-state index contributed by atoms with van der Waals surface area (Å²) >= 11 is 5.06. The van der Waals surface area contributed by atoms with Crippen LogP contribution in [0.3, 0.4) is 0 Å². The van der Waals surface area contributed by atoms with Gasteiger partial charge in [-0.25, -0.2) is 0 Å². The lowest BCUT2D eigenvalue weighted by Gasteiger charge is -2.37. The molecule has 106 valence electrons. The van der Waals surface area contributed by atoms with E-state index in [-0.39, 0.29) is 6.04 Å². The van der Waals surface area contributed by atoms with E-state index in [9.17, 15) is 0 Å². The van der Waals surface area contributed by atoms with Crippen molar-refractivity contribution in [2.45, 2.75) is 19.4 Å². The van der Waals surface area contributed by atoms with Crippen molar-refractivity contribution in [2.75, 3.05) is 32.7 Å². The summed E-state index contributed by atoms with van der Waals surface area (Å²) in [6, 6.07) is 2.31. The number of nitrogens with zero attached hydrogens (tertiary/aromatic N) is 4. The van der Waals surface area contributed by atoms with Crippen LogP contribution in [-0.2, 0) is 13.5 Å². The molecule has 2 heterocycles. The fraction of sp³-hybridized carbons (Fsp3) is 0.692. The Morgan fingerprint density at radius 3 is 2.63 bits per heavy atom. The zero-order chi connectivity index (χ0) is 13.8. The average Bonchev–Trinajstić information content (AvgIpc) is 2.81. The van der Waals surface area contributed by atoms with Crippen molar-refractivity contribution in [1.82, 2.24) is 19.6 Å². The fourth-order valence-corrected chi connectivity index (χ4v) is 2.62. The molecular weight excluding hydrogens is 258 g/mol. The largest absolute Gasteiger partial charge is 0.392 e. The Labute approximate surface area is 120 Å². The van der Waals surface area contributed by atoms with Gasteiger partial charge in [0.1, 0.15) is 0 Å². The van der Waals surface area contributed by atoms with Crippen molar-refractivity contribution in [3.63, 3.8) is 0 Å². The third-order valence-corrected chi connectivity index (χ3v) is 4.31. The first-order chi connectivity index (χ1) is 9.08. The minimum atomic E-state index is 0.217. The van der Waals surface area contributed by atoms with Gasteiger partial charge < -0.3 is 10.6 Å². The van der Waals surface area contributed by atoms with Gasteiger partial charge in [-0.2, -0.15) is 5.10 Å². The first kappa shape index (κ1) is 14.4. The standard InChI is InChI=1S/C13H23N5S/c1-11(13(14)19)18-9-7-17(8-10-18)6-4-12-3-5-15-16(12)2/h3,5,11H,4,6-10H2,1-2H3,(H2,14,19). The minimum absolute atomic E-state index is 0.217.